The molecule has 0 saturated carbocycles. The Morgan fingerprint density at radius 2 is 2.05 bits per heavy atom. The summed E-state index contributed by atoms with van der Waals surface area (Å²) in [6.07, 6.45) is 0. The Kier molecular flexibility index (Phi) is 5.15. The first-order valence-corrected chi connectivity index (χ1v) is 6.70. The van der Waals surface area contributed by atoms with Crippen molar-refractivity contribution in [2.24, 2.45) is 0 Å². The van der Waals surface area contributed by atoms with Crippen LogP contribution >= 0.6 is 0 Å². The van der Waals surface area contributed by atoms with Crippen LogP contribution in [0, 0.1) is 24.6 Å². The summed E-state index contributed by atoms with van der Waals surface area (Å²) in [5.74, 6) is 6.50. The standard InChI is InChI=1S/C17H18FNO2/c1-13-5-7-16(21-13)12-19(2)11-14-6-8-17(18)15(10-14)4-3-9-20/h5-8,10,20H,9,11-12H2,1-2H3. The van der Waals surface area contributed by atoms with Gasteiger partial charge in [-0.3, -0.25) is 4.90 Å². The van der Waals surface area contributed by atoms with Gasteiger partial charge < -0.3 is 9.52 Å². The molecule has 0 aliphatic heterocycles. The van der Waals surface area contributed by atoms with Crippen molar-refractivity contribution in [2.75, 3.05) is 13.7 Å². The summed E-state index contributed by atoms with van der Waals surface area (Å²) in [7, 11) is 1.97. The Bertz CT molecular complexity index is 667. The normalized spacial score (nSPS) is 10.5. The number of aryl methyl sites for hydroxylation is 1. The maximum Gasteiger partial charge on any atom is 0.138 e. The van der Waals surface area contributed by atoms with Gasteiger partial charge in [0.05, 0.1) is 12.1 Å². The first-order chi connectivity index (χ1) is 10.1. The fraction of sp³-hybridized carbons (Fsp3) is 0.294. The van der Waals surface area contributed by atoms with Crippen LogP contribution in [0.25, 0.3) is 0 Å². The number of furan rings is 1. The lowest BCUT2D eigenvalue weighted by atomic mass is 10.1. The zero-order valence-corrected chi connectivity index (χ0v) is 12.2. The van der Waals surface area contributed by atoms with Gasteiger partial charge in [0.1, 0.15) is 23.9 Å². The number of nitrogens with zero attached hydrogens (tertiary/aromatic N) is 1. The predicted octanol–water partition coefficient (Wildman–Crippen LogP) is 2.70. The molecule has 1 N–H and O–H groups in total. The maximum absolute atomic E-state index is 13.6. The summed E-state index contributed by atoms with van der Waals surface area (Å²) < 4.78 is 19.1. The minimum Gasteiger partial charge on any atom is -0.465 e. The monoisotopic (exact) mass is 287 g/mol. The van der Waals surface area contributed by atoms with E-state index in [1.807, 2.05) is 26.1 Å². The van der Waals surface area contributed by atoms with E-state index in [1.54, 1.807) is 12.1 Å². The minimum absolute atomic E-state index is 0.276. The van der Waals surface area contributed by atoms with Crippen LogP contribution in [0.4, 0.5) is 4.39 Å². The molecule has 21 heavy (non-hydrogen) atoms. The molecule has 1 aromatic carbocycles. The van der Waals surface area contributed by atoms with Crippen molar-refractivity contribution < 1.29 is 13.9 Å². The quantitative estimate of drug-likeness (QED) is 0.878. The van der Waals surface area contributed by atoms with Gasteiger partial charge >= 0.3 is 0 Å². The molecule has 0 fully saturated rings. The number of benzene rings is 1. The third-order valence-corrected chi connectivity index (χ3v) is 3.01. The van der Waals surface area contributed by atoms with Gasteiger partial charge in [-0.15, -0.1) is 0 Å². The lowest BCUT2D eigenvalue weighted by Gasteiger charge is -2.15. The van der Waals surface area contributed by atoms with Crippen LogP contribution in [0.5, 0.6) is 0 Å². The van der Waals surface area contributed by atoms with Crippen molar-refractivity contribution in [3.05, 3.63) is 58.8 Å². The van der Waals surface area contributed by atoms with Crippen LogP contribution < -0.4 is 0 Å². The summed E-state index contributed by atoms with van der Waals surface area (Å²) in [6.45, 7) is 2.98. The molecule has 0 bridgehead atoms. The van der Waals surface area contributed by atoms with Crippen molar-refractivity contribution in [3.8, 4) is 11.8 Å². The van der Waals surface area contributed by atoms with Gasteiger partial charge in [-0.05, 0) is 43.8 Å². The first-order valence-electron chi connectivity index (χ1n) is 6.70. The van der Waals surface area contributed by atoms with Crippen molar-refractivity contribution in [1.82, 2.24) is 4.90 Å². The molecule has 0 unspecified atom stereocenters. The Labute approximate surface area is 124 Å². The maximum atomic E-state index is 13.6. The van der Waals surface area contributed by atoms with Gasteiger partial charge in [-0.1, -0.05) is 17.9 Å². The molecule has 0 saturated heterocycles. The molecule has 1 heterocycles. The van der Waals surface area contributed by atoms with Crippen LogP contribution in [0.3, 0.4) is 0 Å². The van der Waals surface area contributed by atoms with Gasteiger partial charge in [0.15, 0.2) is 0 Å². The van der Waals surface area contributed by atoms with E-state index < -0.39 is 0 Å². The van der Waals surface area contributed by atoms with Gasteiger partial charge in [0.25, 0.3) is 0 Å². The SMILES string of the molecule is Cc1ccc(CN(C)Cc2ccc(F)c(C#CCO)c2)o1. The average molecular weight is 287 g/mol. The van der Waals surface area contributed by atoms with Gasteiger partial charge in [-0.2, -0.15) is 0 Å². The highest BCUT2D eigenvalue weighted by Gasteiger charge is 2.07. The zero-order chi connectivity index (χ0) is 15.2. The third kappa shape index (κ3) is 4.45. The molecule has 0 amide bonds. The molecule has 2 rings (SSSR count). The Hall–Kier alpha value is -2.09. The molecule has 0 aliphatic rings. The fourth-order valence-corrected chi connectivity index (χ4v) is 2.11. The largest absolute Gasteiger partial charge is 0.465 e. The molecule has 0 spiro atoms. The molecule has 3 nitrogen and oxygen atoms in total. The highest BCUT2D eigenvalue weighted by atomic mass is 19.1. The fourth-order valence-electron chi connectivity index (χ4n) is 2.11. The topological polar surface area (TPSA) is 36.6 Å². The molecule has 1 aromatic heterocycles. The van der Waals surface area contributed by atoms with E-state index in [0.717, 1.165) is 17.1 Å². The van der Waals surface area contributed by atoms with Crippen molar-refractivity contribution in [1.29, 1.82) is 0 Å². The van der Waals surface area contributed by atoms with E-state index in [4.69, 9.17) is 9.52 Å². The van der Waals surface area contributed by atoms with Crippen molar-refractivity contribution in [3.63, 3.8) is 0 Å². The molecule has 0 radical (unpaired) electrons. The van der Waals surface area contributed by atoms with E-state index in [-0.39, 0.29) is 12.4 Å². The number of rotatable bonds is 4. The Morgan fingerprint density at radius 1 is 1.24 bits per heavy atom. The number of hydrogen-bond acceptors (Lipinski definition) is 3. The lowest BCUT2D eigenvalue weighted by molar-refractivity contribution is 0.285. The summed E-state index contributed by atoms with van der Waals surface area (Å²) in [5, 5.41) is 8.68. The molecule has 110 valence electrons. The summed E-state index contributed by atoms with van der Waals surface area (Å²) in [6, 6.07) is 8.74. The van der Waals surface area contributed by atoms with E-state index in [1.165, 1.54) is 6.07 Å². The van der Waals surface area contributed by atoms with Crippen LogP contribution in [0.2, 0.25) is 0 Å². The number of halogens is 1. The minimum atomic E-state index is -0.371. The van der Waals surface area contributed by atoms with Gasteiger partial charge in [0.2, 0.25) is 0 Å². The number of aliphatic hydroxyl groups is 1. The molecule has 2 aromatic rings. The van der Waals surface area contributed by atoms with Crippen LogP contribution in [-0.4, -0.2) is 23.7 Å². The zero-order valence-electron chi connectivity index (χ0n) is 12.2. The first kappa shape index (κ1) is 15.3. The van der Waals surface area contributed by atoms with E-state index in [2.05, 4.69) is 16.7 Å². The summed E-state index contributed by atoms with van der Waals surface area (Å²) in [4.78, 5) is 2.08. The molecular formula is C17H18FNO2. The van der Waals surface area contributed by atoms with Crippen molar-refractivity contribution >= 4 is 0 Å². The number of aliphatic hydroxyl groups excluding tert-OH is 1. The van der Waals surface area contributed by atoms with Crippen LogP contribution in [0.15, 0.2) is 34.7 Å². The molecular weight excluding hydrogens is 269 g/mol. The predicted molar refractivity (Wildman–Crippen MR) is 79.0 cm³/mol. The highest BCUT2D eigenvalue weighted by molar-refractivity contribution is 5.38. The van der Waals surface area contributed by atoms with Gasteiger partial charge in [0, 0.05) is 6.54 Å². The van der Waals surface area contributed by atoms with Gasteiger partial charge in [-0.25, -0.2) is 4.39 Å². The Balaban J connectivity index is 2.05. The van der Waals surface area contributed by atoms with E-state index in [0.29, 0.717) is 18.7 Å². The summed E-state index contributed by atoms with van der Waals surface area (Å²) >= 11 is 0. The lowest BCUT2D eigenvalue weighted by Crippen LogP contribution is -2.17. The number of hydrogen-bond donors (Lipinski definition) is 1. The average Bonchev–Trinajstić information content (AvgIpc) is 2.84. The highest BCUT2D eigenvalue weighted by Crippen LogP contribution is 2.14. The van der Waals surface area contributed by atoms with Crippen LogP contribution in [-0.2, 0) is 13.1 Å². The van der Waals surface area contributed by atoms with E-state index in [9.17, 15) is 4.39 Å². The van der Waals surface area contributed by atoms with E-state index >= 15 is 0 Å². The molecule has 0 aliphatic carbocycles. The second kappa shape index (κ2) is 7.07. The smallest absolute Gasteiger partial charge is 0.138 e. The third-order valence-electron chi connectivity index (χ3n) is 3.01. The molecule has 0 atom stereocenters. The molecule has 4 heteroatoms. The second-order valence-corrected chi connectivity index (χ2v) is 4.96. The summed E-state index contributed by atoms with van der Waals surface area (Å²) in [5.41, 5.74) is 1.27. The second-order valence-electron chi connectivity index (χ2n) is 4.96. The van der Waals surface area contributed by atoms with Crippen LogP contribution in [0.1, 0.15) is 22.6 Å². The Morgan fingerprint density at radius 3 is 2.71 bits per heavy atom. The van der Waals surface area contributed by atoms with Crippen molar-refractivity contribution in [2.45, 2.75) is 20.0 Å².